The van der Waals surface area contributed by atoms with Crippen LogP contribution in [0.15, 0.2) is 48.5 Å². The molecule has 0 spiro atoms. The zero-order valence-electron chi connectivity index (χ0n) is 15.2. The van der Waals surface area contributed by atoms with Gasteiger partial charge in [0.2, 0.25) is 0 Å². The van der Waals surface area contributed by atoms with Crippen molar-refractivity contribution >= 4 is 23.4 Å². The highest BCUT2D eigenvalue weighted by Gasteiger charge is 2.18. The van der Waals surface area contributed by atoms with Crippen LogP contribution >= 0.6 is 0 Å². The monoisotopic (exact) mass is 369 g/mol. The first-order chi connectivity index (χ1) is 13.2. The minimum absolute atomic E-state index is 0.117. The summed E-state index contributed by atoms with van der Waals surface area (Å²) < 4.78 is 9.95. The van der Waals surface area contributed by atoms with Gasteiger partial charge in [-0.1, -0.05) is 24.3 Å². The number of hydrogen-bond acceptors (Lipinski definition) is 5. The van der Waals surface area contributed by atoms with Gasteiger partial charge in [-0.3, -0.25) is 10.1 Å². The van der Waals surface area contributed by atoms with Crippen molar-refractivity contribution in [3.63, 3.8) is 0 Å². The van der Waals surface area contributed by atoms with Crippen LogP contribution in [0.3, 0.4) is 0 Å². The number of anilines is 2. The Bertz CT molecular complexity index is 786. The van der Waals surface area contributed by atoms with Crippen molar-refractivity contribution in [2.24, 2.45) is 0 Å². The van der Waals surface area contributed by atoms with E-state index in [4.69, 9.17) is 4.74 Å². The zero-order valence-corrected chi connectivity index (χ0v) is 15.2. The van der Waals surface area contributed by atoms with Gasteiger partial charge in [-0.15, -0.1) is 0 Å². The number of rotatable bonds is 5. The Morgan fingerprint density at radius 3 is 2.48 bits per heavy atom. The fourth-order valence-electron chi connectivity index (χ4n) is 2.90. The Hall–Kier alpha value is -3.06. The van der Waals surface area contributed by atoms with E-state index in [1.807, 2.05) is 36.4 Å². The minimum atomic E-state index is -0.518. The average molecular weight is 369 g/mol. The molecule has 1 fully saturated rings. The van der Waals surface area contributed by atoms with Gasteiger partial charge < -0.3 is 19.7 Å². The lowest BCUT2D eigenvalue weighted by Crippen LogP contribution is -2.37. The summed E-state index contributed by atoms with van der Waals surface area (Å²) in [6.07, 6.45) is -0.518. The van der Waals surface area contributed by atoms with Crippen molar-refractivity contribution in [1.29, 1.82) is 0 Å². The van der Waals surface area contributed by atoms with Gasteiger partial charge in [0.05, 0.1) is 25.9 Å². The number of carbonyl (C=O) groups excluding carboxylic acids is 2. The van der Waals surface area contributed by atoms with E-state index in [1.165, 1.54) is 7.11 Å². The van der Waals surface area contributed by atoms with Gasteiger partial charge in [-0.2, -0.15) is 0 Å². The molecule has 1 aliphatic rings. The maximum atomic E-state index is 12.7. The van der Waals surface area contributed by atoms with Gasteiger partial charge in [-0.05, 0) is 29.8 Å². The van der Waals surface area contributed by atoms with Crippen LogP contribution in [0.4, 0.5) is 16.2 Å². The van der Waals surface area contributed by atoms with Crippen LogP contribution in [-0.2, 0) is 16.0 Å². The molecule has 2 N–H and O–H groups in total. The topological polar surface area (TPSA) is 79.9 Å². The highest BCUT2D eigenvalue weighted by Crippen LogP contribution is 2.21. The maximum absolute atomic E-state index is 12.7. The van der Waals surface area contributed by atoms with Crippen molar-refractivity contribution in [2.45, 2.75) is 6.54 Å². The van der Waals surface area contributed by atoms with Gasteiger partial charge in [0.25, 0.3) is 5.91 Å². The first-order valence-corrected chi connectivity index (χ1v) is 8.81. The van der Waals surface area contributed by atoms with Gasteiger partial charge in [0, 0.05) is 31.0 Å². The predicted molar refractivity (Wildman–Crippen MR) is 103 cm³/mol. The number of methoxy groups -OCH3 is 1. The predicted octanol–water partition coefficient (Wildman–Crippen LogP) is 2.63. The Balaban J connectivity index is 1.62. The van der Waals surface area contributed by atoms with Crippen molar-refractivity contribution in [3.8, 4) is 0 Å². The molecule has 2 aromatic rings. The molecule has 142 valence electrons. The van der Waals surface area contributed by atoms with Crippen LogP contribution in [0, 0.1) is 0 Å². The molecule has 0 aromatic heterocycles. The molecule has 3 rings (SSSR count). The minimum Gasteiger partial charge on any atom is -0.453 e. The van der Waals surface area contributed by atoms with E-state index < -0.39 is 6.09 Å². The van der Waals surface area contributed by atoms with E-state index >= 15 is 0 Å². The first-order valence-electron chi connectivity index (χ1n) is 8.81. The molecule has 2 aromatic carbocycles. The standard InChI is InChI=1S/C20H23N3O4/c1-26-20(25)22-16-8-6-15(7-9-16)14-21-19(24)17-4-2-3-5-18(17)23-10-12-27-13-11-23/h2-9H,10-14H2,1H3,(H,21,24)(H,22,25). The molecule has 1 saturated heterocycles. The van der Waals surface area contributed by atoms with Crippen molar-refractivity contribution in [2.75, 3.05) is 43.6 Å². The van der Waals surface area contributed by atoms with Gasteiger partial charge in [-0.25, -0.2) is 4.79 Å². The van der Waals surface area contributed by atoms with E-state index in [0.29, 0.717) is 31.0 Å². The Kier molecular flexibility index (Phi) is 6.27. The third-order valence-corrected chi connectivity index (χ3v) is 4.34. The molecular weight excluding hydrogens is 346 g/mol. The highest BCUT2D eigenvalue weighted by molar-refractivity contribution is 5.99. The summed E-state index contributed by atoms with van der Waals surface area (Å²) in [6, 6.07) is 14.8. The number of benzene rings is 2. The molecule has 2 amide bonds. The Morgan fingerprint density at radius 1 is 1.07 bits per heavy atom. The van der Waals surface area contributed by atoms with Gasteiger partial charge in [0.15, 0.2) is 0 Å². The highest BCUT2D eigenvalue weighted by atomic mass is 16.5. The summed E-state index contributed by atoms with van der Waals surface area (Å²) in [6.45, 7) is 3.29. The second-order valence-electron chi connectivity index (χ2n) is 6.11. The molecule has 0 atom stereocenters. The summed E-state index contributed by atoms with van der Waals surface area (Å²) in [5.74, 6) is -0.117. The quantitative estimate of drug-likeness (QED) is 0.847. The van der Waals surface area contributed by atoms with Crippen molar-refractivity contribution < 1.29 is 19.1 Å². The molecule has 0 radical (unpaired) electrons. The molecule has 7 nitrogen and oxygen atoms in total. The Labute approximate surface area is 158 Å². The van der Waals surface area contributed by atoms with E-state index in [0.717, 1.165) is 24.3 Å². The first kappa shape index (κ1) is 18.7. The molecule has 0 aliphatic carbocycles. The lowest BCUT2D eigenvalue weighted by molar-refractivity contribution is 0.0949. The van der Waals surface area contributed by atoms with E-state index in [1.54, 1.807) is 12.1 Å². The lowest BCUT2D eigenvalue weighted by Gasteiger charge is -2.30. The number of nitrogens with one attached hydrogen (secondary N) is 2. The van der Waals surface area contributed by atoms with Crippen LogP contribution < -0.4 is 15.5 Å². The summed E-state index contributed by atoms with van der Waals surface area (Å²) in [5.41, 5.74) is 3.15. The van der Waals surface area contributed by atoms with Gasteiger partial charge >= 0.3 is 6.09 Å². The largest absolute Gasteiger partial charge is 0.453 e. The Morgan fingerprint density at radius 2 is 1.78 bits per heavy atom. The smallest absolute Gasteiger partial charge is 0.411 e. The van der Waals surface area contributed by atoms with E-state index in [-0.39, 0.29) is 5.91 Å². The van der Waals surface area contributed by atoms with Crippen LogP contribution in [-0.4, -0.2) is 45.4 Å². The summed E-state index contributed by atoms with van der Waals surface area (Å²) >= 11 is 0. The molecular formula is C20H23N3O4. The number of carbonyl (C=O) groups is 2. The number of para-hydroxylation sites is 1. The van der Waals surface area contributed by atoms with Crippen molar-refractivity contribution in [1.82, 2.24) is 5.32 Å². The molecule has 0 saturated carbocycles. The SMILES string of the molecule is COC(=O)Nc1ccc(CNC(=O)c2ccccc2N2CCOCC2)cc1. The van der Waals surface area contributed by atoms with Crippen LogP contribution in [0.5, 0.6) is 0 Å². The maximum Gasteiger partial charge on any atom is 0.411 e. The normalized spacial score (nSPS) is 13.7. The van der Waals surface area contributed by atoms with Crippen LogP contribution in [0.25, 0.3) is 0 Å². The van der Waals surface area contributed by atoms with E-state index in [2.05, 4.69) is 20.3 Å². The molecule has 7 heteroatoms. The zero-order chi connectivity index (χ0) is 19.1. The number of amides is 2. The molecule has 1 aliphatic heterocycles. The number of ether oxygens (including phenoxy) is 2. The van der Waals surface area contributed by atoms with E-state index in [9.17, 15) is 9.59 Å². The summed E-state index contributed by atoms with van der Waals surface area (Å²) in [4.78, 5) is 26.1. The number of nitrogens with zero attached hydrogens (tertiary/aromatic N) is 1. The second-order valence-corrected chi connectivity index (χ2v) is 6.11. The average Bonchev–Trinajstić information content (AvgIpc) is 2.73. The number of morpholine rings is 1. The summed E-state index contributed by atoms with van der Waals surface area (Å²) in [7, 11) is 1.31. The molecule has 0 unspecified atom stereocenters. The fourth-order valence-corrected chi connectivity index (χ4v) is 2.90. The van der Waals surface area contributed by atoms with Crippen LogP contribution in [0.1, 0.15) is 15.9 Å². The number of hydrogen-bond donors (Lipinski definition) is 2. The van der Waals surface area contributed by atoms with Crippen molar-refractivity contribution in [3.05, 3.63) is 59.7 Å². The second kappa shape index (κ2) is 9.05. The fraction of sp³-hybridized carbons (Fsp3) is 0.300. The molecule has 0 bridgehead atoms. The lowest BCUT2D eigenvalue weighted by atomic mass is 10.1. The molecule has 1 heterocycles. The summed E-state index contributed by atoms with van der Waals surface area (Å²) in [5, 5.41) is 5.55. The molecule has 27 heavy (non-hydrogen) atoms. The van der Waals surface area contributed by atoms with Gasteiger partial charge in [0.1, 0.15) is 0 Å². The third kappa shape index (κ3) is 4.98. The van der Waals surface area contributed by atoms with Crippen LogP contribution in [0.2, 0.25) is 0 Å². The third-order valence-electron chi connectivity index (χ3n) is 4.34.